The lowest BCUT2D eigenvalue weighted by molar-refractivity contribution is 0.0551. The number of rotatable bonds is 6. The summed E-state index contributed by atoms with van der Waals surface area (Å²) in [4.78, 5) is 14.7. The number of hydrogen-bond donors (Lipinski definition) is 1. The van der Waals surface area contributed by atoms with Crippen molar-refractivity contribution in [3.63, 3.8) is 0 Å². The molecule has 2 fully saturated rings. The lowest BCUT2D eigenvalue weighted by Gasteiger charge is -2.37. The van der Waals surface area contributed by atoms with Gasteiger partial charge in [0.05, 0.1) is 0 Å². The second-order valence-electron chi connectivity index (χ2n) is 5.69. The minimum atomic E-state index is 0.148. The first kappa shape index (κ1) is 12.7. The molecule has 19 heavy (non-hydrogen) atoms. The molecule has 2 aliphatic carbocycles. The number of aromatic nitrogens is 1. The highest BCUT2D eigenvalue weighted by Gasteiger charge is 2.32. The molecule has 0 aromatic carbocycles. The Balaban J connectivity index is 1.76. The van der Waals surface area contributed by atoms with Crippen LogP contribution in [0.5, 0.6) is 0 Å². The zero-order valence-electron chi connectivity index (χ0n) is 11.3. The van der Waals surface area contributed by atoms with Crippen LogP contribution in [-0.2, 0) is 0 Å². The number of amides is 1. The number of carbonyl (C=O) groups is 1. The van der Waals surface area contributed by atoms with Gasteiger partial charge in [-0.3, -0.25) is 4.79 Å². The van der Waals surface area contributed by atoms with E-state index in [1.807, 2.05) is 23.2 Å². The monoisotopic (exact) mass is 262 g/mol. The van der Waals surface area contributed by atoms with Gasteiger partial charge in [0.2, 0.25) is 0 Å². The smallest absolute Gasteiger partial charge is 0.270 e. The van der Waals surface area contributed by atoms with Crippen LogP contribution in [0.25, 0.3) is 0 Å². The molecule has 1 heterocycles. The van der Waals surface area contributed by atoms with Crippen LogP contribution >= 0.6 is 0 Å². The molecule has 0 radical (unpaired) electrons. The Morgan fingerprint density at radius 2 is 2.16 bits per heavy atom. The molecule has 1 amide bonds. The summed E-state index contributed by atoms with van der Waals surface area (Å²) in [5.41, 5.74) is 0.826. The van der Waals surface area contributed by atoms with Crippen molar-refractivity contribution < 1.29 is 9.90 Å². The van der Waals surface area contributed by atoms with E-state index in [4.69, 9.17) is 5.11 Å². The highest BCUT2D eigenvalue weighted by Crippen LogP contribution is 2.36. The average molecular weight is 262 g/mol. The van der Waals surface area contributed by atoms with Gasteiger partial charge in [-0.05, 0) is 50.7 Å². The molecule has 0 atom stereocenters. The van der Waals surface area contributed by atoms with Gasteiger partial charge in [-0.25, -0.2) is 0 Å². The van der Waals surface area contributed by atoms with Gasteiger partial charge in [0.15, 0.2) is 0 Å². The van der Waals surface area contributed by atoms with E-state index >= 15 is 0 Å². The highest BCUT2D eigenvalue weighted by atomic mass is 16.3. The van der Waals surface area contributed by atoms with Crippen LogP contribution in [0.2, 0.25) is 0 Å². The van der Waals surface area contributed by atoms with Crippen LogP contribution in [0.4, 0.5) is 0 Å². The van der Waals surface area contributed by atoms with Gasteiger partial charge in [-0.15, -0.1) is 0 Å². The zero-order chi connectivity index (χ0) is 13.2. The predicted octanol–water partition coefficient (Wildman–Crippen LogP) is 2.20. The first-order valence-electron chi connectivity index (χ1n) is 7.40. The summed E-state index contributed by atoms with van der Waals surface area (Å²) in [5.74, 6) is 0.148. The first-order valence-corrected chi connectivity index (χ1v) is 7.40. The number of hydrogen-bond acceptors (Lipinski definition) is 2. The van der Waals surface area contributed by atoms with E-state index in [0.717, 1.165) is 18.5 Å². The van der Waals surface area contributed by atoms with Crippen LogP contribution in [0.3, 0.4) is 0 Å². The van der Waals surface area contributed by atoms with E-state index in [-0.39, 0.29) is 12.5 Å². The second-order valence-corrected chi connectivity index (χ2v) is 5.69. The minimum Gasteiger partial charge on any atom is -0.396 e. The van der Waals surface area contributed by atoms with Crippen molar-refractivity contribution in [1.82, 2.24) is 9.47 Å². The molecule has 1 aromatic heterocycles. The van der Waals surface area contributed by atoms with Crippen LogP contribution < -0.4 is 0 Å². The number of nitrogens with zero attached hydrogens (tertiary/aromatic N) is 2. The fraction of sp³-hybridized carbons (Fsp3) is 0.667. The molecule has 1 N–H and O–H groups in total. The molecular weight excluding hydrogens is 240 g/mol. The number of aliphatic hydroxyl groups excluding tert-OH is 1. The third-order valence-electron chi connectivity index (χ3n) is 4.27. The Bertz CT molecular complexity index is 447. The number of carbonyl (C=O) groups excluding carboxylic acids is 1. The van der Waals surface area contributed by atoms with Gasteiger partial charge in [-0.2, -0.15) is 0 Å². The van der Waals surface area contributed by atoms with Crippen molar-refractivity contribution >= 4 is 5.91 Å². The molecule has 0 saturated heterocycles. The van der Waals surface area contributed by atoms with Crippen LogP contribution in [-0.4, -0.2) is 39.7 Å². The fourth-order valence-electron chi connectivity index (χ4n) is 2.78. The van der Waals surface area contributed by atoms with E-state index in [1.54, 1.807) is 0 Å². The Morgan fingerprint density at radius 1 is 1.37 bits per heavy atom. The summed E-state index contributed by atoms with van der Waals surface area (Å²) in [5, 5.41) is 9.01. The van der Waals surface area contributed by atoms with Crippen molar-refractivity contribution in [2.24, 2.45) is 0 Å². The van der Waals surface area contributed by atoms with Crippen LogP contribution in [0, 0.1) is 0 Å². The van der Waals surface area contributed by atoms with E-state index in [9.17, 15) is 4.79 Å². The summed E-state index contributed by atoms with van der Waals surface area (Å²) >= 11 is 0. The van der Waals surface area contributed by atoms with Crippen molar-refractivity contribution in [1.29, 1.82) is 0 Å². The Kier molecular flexibility index (Phi) is 3.60. The van der Waals surface area contributed by atoms with Crippen molar-refractivity contribution in [3.05, 3.63) is 24.0 Å². The first-order chi connectivity index (χ1) is 9.31. The molecule has 1 aromatic rings. The van der Waals surface area contributed by atoms with Gasteiger partial charge >= 0.3 is 0 Å². The van der Waals surface area contributed by atoms with Gasteiger partial charge in [-0.1, -0.05) is 0 Å². The SMILES string of the molecule is O=C(c1cccn1C1CC1)N(CCCO)C1CCC1. The standard InChI is InChI=1S/C15H22N2O2/c18-11-3-10-17(12-4-1-5-12)15(19)14-6-2-9-16(14)13-7-8-13/h2,6,9,12-13,18H,1,3-5,7-8,10-11H2. The molecule has 2 saturated carbocycles. The van der Waals surface area contributed by atoms with E-state index in [2.05, 4.69) is 4.57 Å². The molecule has 0 unspecified atom stereocenters. The molecule has 0 aliphatic heterocycles. The van der Waals surface area contributed by atoms with Crippen LogP contribution in [0.15, 0.2) is 18.3 Å². The summed E-state index contributed by atoms with van der Waals surface area (Å²) in [6.07, 6.45) is 8.52. The summed E-state index contributed by atoms with van der Waals surface area (Å²) in [6, 6.07) is 4.83. The summed E-state index contributed by atoms with van der Waals surface area (Å²) < 4.78 is 2.13. The molecule has 2 aliphatic rings. The highest BCUT2D eigenvalue weighted by molar-refractivity contribution is 5.93. The molecule has 4 nitrogen and oxygen atoms in total. The van der Waals surface area contributed by atoms with E-state index < -0.39 is 0 Å². The molecular formula is C15H22N2O2. The molecule has 104 valence electrons. The maximum atomic E-state index is 12.7. The lowest BCUT2D eigenvalue weighted by atomic mass is 9.91. The van der Waals surface area contributed by atoms with Gasteiger partial charge < -0.3 is 14.6 Å². The van der Waals surface area contributed by atoms with E-state index in [0.29, 0.717) is 25.0 Å². The third kappa shape index (κ3) is 2.54. The minimum absolute atomic E-state index is 0.148. The third-order valence-corrected chi connectivity index (χ3v) is 4.27. The zero-order valence-corrected chi connectivity index (χ0v) is 11.3. The summed E-state index contributed by atoms with van der Waals surface area (Å²) in [6.45, 7) is 0.829. The largest absolute Gasteiger partial charge is 0.396 e. The Hall–Kier alpha value is -1.29. The maximum Gasteiger partial charge on any atom is 0.270 e. The lowest BCUT2D eigenvalue weighted by Crippen LogP contribution is -2.45. The molecule has 3 rings (SSSR count). The van der Waals surface area contributed by atoms with Gasteiger partial charge in [0.1, 0.15) is 5.69 Å². The van der Waals surface area contributed by atoms with Gasteiger partial charge in [0, 0.05) is 31.4 Å². The Morgan fingerprint density at radius 3 is 2.74 bits per heavy atom. The fourth-order valence-corrected chi connectivity index (χ4v) is 2.78. The Labute approximate surface area is 114 Å². The van der Waals surface area contributed by atoms with Crippen molar-refractivity contribution in [3.8, 4) is 0 Å². The molecule has 4 heteroatoms. The molecule has 0 spiro atoms. The second kappa shape index (κ2) is 5.37. The normalized spacial score (nSPS) is 19.2. The molecule has 0 bridgehead atoms. The summed E-state index contributed by atoms with van der Waals surface area (Å²) in [7, 11) is 0. The van der Waals surface area contributed by atoms with Crippen molar-refractivity contribution in [2.75, 3.05) is 13.2 Å². The quantitative estimate of drug-likeness (QED) is 0.854. The van der Waals surface area contributed by atoms with E-state index in [1.165, 1.54) is 19.3 Å². The van der Waals surface area contributed by atoms with Gasteiger partial charge in [0.25, 0.3) is 5.91 Å². The van der Waals surface area contributed by atoms with Crippen LogP contribution in [0.1, 0.15) is 55.1 Å². The maximum absolute atomic E-state index is 12.7. The van der Waals surface area contributed by atoms with Crippen molar-refractivity contribution in [2.45, 2.75) is 50.6 Å². The predicted molar refractivity (Wildman–Crippen MR) is 73.1 cm³/mol. The number of aliphatic hydroxyl groups is 1. The topological polar surface area (TPSA) is 45.5 Å². The average Bonchev–Trinajstić information content (AvgIpc) is 3.09.